The monoisotopic (exact) mass is 342 g/mol. The van der Waals surface area contributed by atoms with Gasteiger partial charge in [-0.3, -0.25) is 9.59 Å². The number of hydrogen-bond acceptors (Lipinski definition) is 5. The molecule has 0 aliphatic carbocycles. The molecular weight excluding hydrogens is 312 g/mol. The zero-order chi connectivity index (χ0) is 18.1. The summed E-state index contributed by atoms with van der Waals surface area (Å²) in [5, 5.41) is 18.7. The number of aliphatic carboxylic acids is 1. The zero-order valence-electron chi connectivity index (χ0n) is 14.6. The lowest BCUT2D eigenvalue weighted by molar-refractivity contribution is -0.148. The molecule has 2 N–H and O–H groups in total. The van der Waals surface area contributed by atoms with Gasteiger partial charge in [0, 0.05) is 20.0 Å². The van der Waals surface area contributed by atoms with Crippen molar-refractivity contribution in [2.75, 3.05) is 7.11 Å². The number of ether oxygens (including phenoxy) is 2. The van der Waals surface area contributed by atoms with Crippen molar-refractivity contribution in [3.63, 3.8) is 0 Å². The minimum Gasteiger partial charge on any atom is -0.481 e. The van der Waals surface area contributed by atoms with Gasteiger partial charge in [0.05, 0.1) is 30.8 Å². The Bertz CT molecular complexity index is 420. The molecule has 0 aromatic rings. The summed E-state index contributed by atoms with van der Waals surface area (Å²) in [6, 6.07) is 0. The van der Waals surface area contributed by atoms with Gasteiger partial charge in [-0.1, -0.05) is 13.0 Å². The van der Waals surface area contributed by atoms with Crippen molar-refractivity contribution in [3.05, 3.63) is 12.7 Å². The van der Waals surface area contributed by atoms with Crippen molar-refractivity contribution < 1.29 is 29.3 Å². The number of aliphatic hydroxyl groups excluding tert-OH is 1. The number of rotatable bonds is 11. The Morgan fingerprint density at radius 3 is 2.67 bits per heavy atom. The first-order valence-electron chi connectivity index (χ1n) is 8.54. The van der Waals surface area contributed by atoms with Crippen LogP contribution in [0.1, 0.15) is 51.9 Å². The second-order valence-electron chi connectivity index (χ2n) is 6.77. The minimum absolute atomic E-state index is 0.0643. The lowest BCUT2D eigenvalue weighted by atomic mass is 9.90. The van der Waals surface area contributed by atoms with Crippen molar-refractivity contribution in [3.8, 4) is 0 Å². The highest BCUT2D eigenvalue weighted by Gasteiger charge is 2.30. The van der Waals surface area contributed by atoms with Crippen LogP contribution in [0.15, 0.2) is 12.7 Å². The van der Waals surface area contributed by atoms with Gasteiger partial charge in [0.25, 0.3) is 0 Å². The van der Waals surface area contributed by atoms with E-state index >= 15 is 0 Å². The van der Waals surface area contributed by atoms with Crippen molar-refractivity contribution in [1.82, 2.24) is 0 Å². The fourth-order valence-electron chi connectivity index (χ4n) is 3.29. The molecule has 1 fully saturated rings. The van der Waals surface area contributed by atoms with E-state index < -0.39 is 18.2 Å². The van der Waals surface area contributed by atoms with Gasteiger partial charge in [-0.25, -0.2) is 0 Å². The van der Waals surface area contributed by atoms with E-state index in [2.05, 4.69) is 13.5 Å². The van der Waals surface area contributed by atoms with Crippen LogP contribution in [-0.2, 0) is 19.1 Å². The minimum atomic E-state index is -0.947. The van der Waals surface area contributed by atoms with Crippen LogP contribution in [0.2, 0.25) is 0 Å². The quantitative estimate of drug-likeness (QED) is 0.560. The first-order valence-corrected chi connectivity index (χ1v) is 8.54. The molecule has 0 aromatic heterocycles. The number of carbonyl (C=O) groups is 2. The Morgan fingerprint density at radius 1 is 1.42 bits per heavy atom. The fraction of sp³-hybridized carbons (Fsp3) is 0.778. The van der Waals surface area contributed by atoms with E-state index in [0.717, 1.165) is 6.42 Å². The average molecular weight is 342 g/mol. The lowest BCUT2D eigenvalue weighted by Crippen LogP contribution is -2.35. The van der Waals surface area contributed by atoms with Gasteiger partial charge < -0.3 is 19.7 Å². The number of Topliss-reactive ketones (excluding diaryl/α,β-unsaturated/α-hetero) is 1. The number of carbonyl (C=O) groups excluding carboxylic acids is 1. The summed E-state index contributed by atoms with van der Waals surface area (Å²) in [5.74, 6) is -0.640. The molecule has 1 saturated heterocycles. The summed E-state index contributed by atoms with van der Waals surface area (Å²) in [4.78, 5) is 22.6. The molecule has 0 bridgehead atoms. The van der Waals surface area contributed by atoms with Crippen LogP contribution in [-0.4, -0.2) is 53.5 Å². The molecule has 0 saturated carbocycles. The Labute approximate surface area is 143 Å². The smallest absolute Gasteiger partial charge is 0.305 e. The molecule has 1 aliphatic rings. The second-order valence-corrected chi connectivity index (χ2v) is 6.77. The topological polar surface area (TPSA) is 93.1 Å². The third-order valence-electron chi connectivity index (χ3n) is 4.34. The van der Waals surface area contributed by atoms with Crippen molar-refractivity contribution in [1.29, 1.82) is 0 Å². The SMILES string of the molecule is C=CC[C@H](O)C[C@H](C[C@H](C)C[C@@H]1CC(=O)C[C@H](CC(=O)O)O1)OC. The van der Waals surface area contributed by atoms with E-state index in [4.69, 9.17) is 14.6 Å². The van der Waals surface area contributed by atoms with E-state index in [1.54, 1.807) is 13.2 Å². The molecule has 6 heteroatoms. The summed E-state index contributed by atoms with van der Waals surface area (Å²) < 4.78 is 11.2. The van der Waals surface area contributed by atoms with E-state index in [1.165, 1.54) is 0 Å². The molecule has 0 spiro atoms. The number of carboxylic acid groups (broad SMARTS) is 1. The Kier molecular flexibility index (Phi) is 9.18. The van der Waals surface area contributed by atoms with Gasteiger partial charge in [-0.2, -0.15) is 0 Å². The summed E-state index contributed by atoms with van der Waals surface area (Å²) >= 11 is 0. The Morgan fingerprint density at radius 2 is 2.08 bits per heavy atom. The molecule has 0 unspecified atom stereocenters. The highest BCUT2D eigenvalue weighted by molar-refractivity contribution is 5.81. The summed E-state index contributed by atoms with van der Waals surface area (Å²) in [7, 11) is 1.63. The second kappa shape index (κ2) is 10.6. The van der Waals surface area contributed by atoms with Gasteiger partial charge in [0.1, 0.15) is 5.78 Å². The van der Waals surface area contributed by atoms with Crippen molar-refractivity contribution >= 4 is 11.8 Å². The van der Waals surface area contributed by atoms with Gasteiger partial charge in [-0.15, -0.1) is 6.58 Å². The van der Waals surface area contributed by atoms with Crippen molar-refractivity contribution in [2.45, 2.75) is 76.3 Å². The first-order chi connectivity index (χ1) is 11.3. The van der Waals surface area contributed by atoms with E-state index in [9.17, 15) is 14.7 Å². The zero-order valence-corrected chi connectivity index (χ0v) is 14.6. The maximum Gasteiger partial charge on any atom is 0.305 e. The van der Waals surface area contributed by atoms with Crippen LogP contribution in [0.5, 0.6) is 0 Å². The highest BCUT2D eigenvalue weighted by Crippen LogP contribution is 2.26. The first kappa shape index (κ1) is 20.8. The molecular formula is C18H30O6. The molecule has 1 aliphatic heterocycles. The van der Waals surface area contributed by atoms with Gasteiger partial charge in [0.15, 0.2) is 0 Å². The summed E-state index contributed by atoms with van der Waals surface area (Å²) in [6.45, 7) is 5.67. The Balaban J connectivity index is 2.46. The van der Waals surface area contributed by atoms with Gasteiger partial charge in [0.2, 0.25) is 0 Å². The predicted octanol–water partition coefficient (Wildman–Crippen LogP) is 2.34. The fourth-order valence-corrected chi connectivity index (χ4v) is 3.29. The van der Waals surface area contributed by atoms with E-state index in [-0.39, 0.29) is 36.8 Å². The molecule has 0 radical (unpaired) electrons. The average Bonchev–Trinajstić information content (AvgIpc) is 2.45. The van der Waals surface area contributed by atoms with Gasteiger partial charge in [-0.05, 0) is 31.6 Å². The van der Waals surface area contributed by atoms with E-state index in [1.807, 2.05) is 0 Å². The maximum absolute atomic E-state index is 11.8. The summed E-state index contributed by atoms with van der Waals surface area (Å²) in [6.07, 6.45) is 3.30. The van der Waals surface area contributed by atoms with E-state index in [0.29, 0.717) is 25.7 Å². The molecule has 6 nitrogen and oxygen atoms in total. The summed E-state index contributed by atoms with van der Waals surface area (Å²) in [5.41, 5.74) is 0. The number of aliphatic hydroxyl groups is 1. The number of hydrogen-bond donors (Lipinski definition) is 2. The molecule has 24 heavy (non-hydrogen) atoms. The van der Waals surface area contributed by atoms with Crippen LogP contribution in [0.4, 0.5) is 0 Å². The standard InChI is InChI=1S/C18H30O6/c1-4-5-13(19)8-15(23-3)6-12(2)7-16-9-14(20)10-17(24-16)11-18(21)22/h4,12-13,15-17,19H,1,5-11H2,2-3H3,(H,21,22)/t12-,13-,15-,16+,17+/m0/s1. The largest absolute Gasteiger partial charge is 0.481 e. The molecule has 138 valence electrons. The van der Waals surface area contributed by atoms with Crippen LogP contribution < -0.4 is 0 Å². The molecule has 5 atom stereocenters. The molecule has 0 amide bonds. The normalized spacial score (nSPS) is 25.0. The van der Waals surface area contributed by atoms with Crippen molar-refractivity contribution in [2.24, 2.45) is 5.92 Å². The maximum atomic E-state index is 11.8. The third-order valence-corrected chi connectivity index (χ3v) is 4.34. The van der Waals surface area contributed by atoms with Gasteiger partial charge >= 0.3 is 5.97 Å². The van der Waals surface area contributed by atoms with Crippen LogP contribution in [0, 0.1) is 5.92 Å². The number of ketones is 1. The number of carboxylic acids is 1. The van der Waals surface area contributed by atoms with Crippen LogP contribution in [0.25, 0.3) is 0 Å². The highest BCUT2D eigenvalue weighted by atomic mass is 16.5. The Hall–Kier alpha value is -1.24. The lowest BCUT2D eigenvalue weighted by Gasteiger charge is -2.31. The molecule has 1 rings (SSSR count). The predicted molar refractivity (Wildman–Crippen MR) is 89.8 cm³/mol. The molecule has 0 aromatic carbocycles. The molecule has 1 heterocycles. The van der Waals surface area contributed by atoms with Crippen LogP contribution >= 0.6 is 0 Å². The van der Waals surface area contributed by atoms with Crippen LogP contribution in [0.3, 0.4) is 0 Å². The third kappa shape index (κ3) is 8.04. The number of methoxy groups -OCH3 is 1.